The van der Waals surface area contributed by atoms with Gasteiger partial charge < -0.3 is 14.5 Å². The van der Waals surface area contributed by atoms with Crippen molar-refractivity contribution in [2.45, 2.75) is 25.8 Å². The van der Waals surface area contributed by atoms with Crippen LogP contribution in [0.25, 0.3) is 0 Å². The summed E-state index contributed by atoms with van der Waals surface area (Å²) in [6.07, 6.45) is 0.946. The van der Waals surface area contributed by atoms with Crippen molar-refractivity contribution < 1.29 is 19.1 Å². The molecule has 1 unspecified atom stereocenters. The number of benzene rings is 2. The van der Waals surface area contributed by atoms with E-state index in [1.54, 1.807) is 34.1 Å². The van der Waals surface area contributed by atoms with Gasteiger partial charge in [0.15, 0.2) is 5.78 Å². The quantitative estimate of drug-likeness (QED) is 0.702. The molecule has 33 heavy (non-hydrogen) atoms. The molecule has 1 saturated heterocycles. The van der Waals surface area contributed by atoms with Crippen molar-refractivity contribution in [3.8, 4) is 5.75 Å². The molecule has 2 amide bonds. The van der Waals surface area contributed by atoms with Crippen LogP contribution in [-0.4, -0.2) is 72.4 Å². The molecule has 1 atom stereocenters. The van der Waals surface area contributed by atoms with Crippen LogP contribution in [0, 0.1) is 0 Å². The average Bonchev–Trinajstić information content (AvgIpc) is 3.16. The molecule has 2 aliphatic rings. The minimum absolute atomic E-state index is 0.0325. The Bertz CT molecular complexity index is 1070. The van der Waals surface area contributed by atoms with Gasteiger partial charge in [0.25, 0.3) is 11.8 Å². The molecule has 2 heterocycles. The Hall–Kier alpha value is -3.68. The fourth-order valence-electron chi connectivity index (χ4n) is 4.27. The molecule has 172 valence electrons. The standard InChI is InChI=1S/C25H28N4O4/c1-18(30)22-17-21(26-29(22)19-9-4-3-5-10-19)25(32)28-14-8-13-27(15-16-28)24(31)20-11-6-7-12-23(20)33-2/h3-7,9-12,22H,8,13-17H2,1-2H3. The van der Waals surface area contributed by atoms with E-state index in [1.165, 1.54) is 6.92 Å². The summed E-state index contributed by atoms with van der Waals surface area (Å²) in [5, 5.41) is 6.18. The van der Waals surface area contributed by atoms with E-state index in [2.05, 4.69) is 5.10 Å². The van der Waals surface area contributed by atoms with Gasteiger partial charge in [-0.15, -0.1) is 0 Å². The molecule has 2 aromatic rings. The number of hydrogen-bond acceptors (Lipinski definition) is 6. The van der Waals surface area contributed by atoms with Gasteiger partial charge in [-0.3, -0.25) is 19.4 Å². The second-order valence-corrected chi connectivity index (χ2v) is 8.20. The highest BCUT2D eigenvalue weighted by Gasteiger charge is 2.36. The predicted octanol–water partition coefficient (Wildman–Crippen LogP) is 2.59. The number of Topliss-reactive ketones (excluding diaryl/α,β-unsaturated/α-hetero) is 1. The number of methoxy groups -OCH3 is 1. The number of carbonyl (C=O) groups excluding carboxylic acids is 3. The molecule has 4 rings (SSSR count). The molecular weight excluding hydrogens is 420 g/mol. The number of hydrazone groups is 1. The summed E-state index contributed by atoms with van der Waals surface area (Å²) in [6, 6.07) is 16.1. The SMILES string of the molecule is COc1ccccc1C(=O)N1CCCN(C(=O)C2=NN(c3ccccc3)C(C(C)=O)C2)CC1. The maximum Gasteiger partial charge on any atom is 0.270 e. The molecule has 0 spiro atoms. The van der Waals surface area contributed by atoms with Crippen LogP contribution < -0.4 is 9.75 Å². The molecule has 0 bridgehead atoms. The van der Waals surface area contributed by atoms with Gasteiger partial charge in [0.05, 0.1) is 18.4 Å². The summed E-state index contributed by atoms with van der Waals surface area (Å²) in [4.78, 5) is 42.1. The third-order valence-electron chi connectivity index (χ3n) is 6.05. The molecule has 0 aromatic heterocycles. The fraction of sp³-hybridized carbons (Fsp3) is 0.360. The van der Waals surface area contributed by atoms with E-state index in [4.69, 9.17) is 4.74 Å². The number of para-hydroxylation sites is 2. The van der Waals surface area contributed by atoms with Crippen molar-refractivity contribution in [3.05, 3.63) is 60.2 Å². The summed E-state index contributed by atoms with van der Waals surface area (Å²) in [5.41, 5.74) is 1.68. The van der Waals surface area contributed by atoms with E-state index in [-0.39, 0.29) is 24.0 Å². The number of nitrogens with zero attached hydrogens (tertiary/aromatic N) is 4. The maximum absolute atomic E-state index is 13.3. The molecule has 0 saturated carbocycles. The van der Waals surface area contributed by atoms with Crippen LogP contribution in [0.5, 0.6) is 5.75 Å². The van der Waals surface area contributed by atoms with Crippen molar-refractivity contribution >= 4 is 29.0 Å². The number of carbonyl (C=O) groups is 3. The summed E-state index contributed by atoms with van der Waals surface area (Å²) in [6.45, 7) is 3.45. The van der Waals surface area contributed by atoms with Gasteiger partial charge in [-0.05, 0) is 37.6 Å². The second kappa shape index (κ2) is 9.85. The van der Waals surface area contributed by atoms with E-state index in [1.807, 2.05) is 42.5 Å². The van der Waals surface area contributed by atoms with Crippen molar-refractivity contribution in [2.75, 3.05) is 38.3 Å². The minimum atomic E-state index is -0.484. The third-order valence-corrected chi connectivity index (χ3v) is 6.05. The number of rotatable bonds is 5. The Morgan fingerprint density at radius 3 is 2.18 bits per heavy atom. The van der Waals surface area contributed by atoms with Crippen LogP contribution in [0.2, 0.25) is 0 Å². The van der Waals surface area contributed by atoms with E-state index >= 15 is 0 Å². The molecule has 0 radical (unpaired) electrons. The van der Waals surface area contributed by atoms with Crippen LogP contribution in [0.3, 0.4) is 0 Å². The first kappa shape index (κ1) is 22.5. The van der Waals surface area contributed by atoms with Crippen molar-refractivity contribution in [2.24, 2.45) is 5.10 Å². The number of ether oxygens (including phenoxy) is 1. The van der Waals surface area contributed by atoms with Gasteiger partial charge in [0, 0.05) is 32.6 Å². The summed E-state index contributed by atoms with van der Waals surface area (Å²) >= 11 is 0. The number of hydrogen-bond donors (Lipinski definition) is 0. The number of amides is 2. The lowest BCUT2D eigenvalue weighted by Gasteiger charge is -2.22. The predicted molar refractivity (Wildman–Crippen MR) is 126 cm³/mol. The molecule has 2 aromatic carbocycles. The molecule has 8 heteroatoms. The van der Waals surface area contributed by atoms with Gasteiger partial charge in [-0.2, -0.15) is 5.10 Å². The van der Waals surface area contributed by atoms with E-state index in [9.17, 15) is 14.4 Å². The fourth-order valence-corrected chi connectivity index (χ4v) is 4.27. The summed E-state index contributed by atoms with van der Waals surface area (Å²) < 4.78 is 5.33. The average molecular weight is 449 g/mol. The smallest absolute Gasteiger partial charge is 0.270 e. The van der Waals surface area contributed by atoms with Gasteiger partial charge in [-0.25, -0.2) is 0 Å². The molecule has 1 fully saturated rings. The maximum atomic E-state index is 13.3. The molecule has 0 N–H and O–H groups in total. The normalized spacial score (nSPS) is 18.5. The molecule has 2 aliphatic heterocycles. The molecule has 0 aliphatic carbocycles. The summed E-state index contributed by atoms with van der Waals surface area (Å²) in [7, 11) is 1.55. The van der Waals surface area contributed by atoms with E-state index in [0.29, 0.717) is 49.6 Å². The Morgan fingerprint density at radius 2 is 1.52 bits per heavy atom. The highest BCUT2D eigenvalue weighted by molar-refractivity contribution is 6.40. The van der Waals surface area contributed by atoms with Crippen LogP contribution in [0.4, 0.5) is 5.69 Å². The van der Waals surface area contributed by atoms with Crippen LogP contribution in [0.15, 0.2) is 59.7 Å². The molecular formula is C25H28N4O4. The zero-order valence-electron chi connectivity index (χ0n) is 18.9. The Balaban J connectivity index is 1.46. The first-order valence-corrected chi connectivity index (χ1v) is 11.1. The first-order valence-electron chi connectivity index (χ1n) is 11.1. The monoisotopic (exact) mass is 448 g/mol. The van der Waals surface area contributed by atoms with Gasteiger partial charge in [-0.1, -0.05) is 30.3 Å². The van der Waals surface area contributed by atoms with E-state index < -0.39 is 6.04 Å². The first-order chi connectivity index (χ1) is 16.0. The number of ketones is 1. The zero-order chi connectivity index (χ0) is 23.4. The van der Waals surface area contributed by atoms with Crippen LogP contribution in [0.1, 0.15) is 30.1 Å². The van der Waals surface area contributed by atoms with Crippen LogP contribution in [-0.2, 0) is 9.59 Å². The topological polar surface area (TPSA) is 82.5 Å². The van der Waals surface area contributed by atoms with Gasteiger partial charge >= 0.3 is 0 Å². The van der Waals surface area contributed by atoms with Crippen molar-refractivity contribution in [1.82, 2.24) is 9.80 Å². The lowest BCUT2D eigenvalue weighted by atomic mass is 10.1. The van der Waals surface area contributed by atoms with Gasteiger partial charge in [0.2, 0.25) is 0 Å². The van der Waals surface area contributed by atoms with Crippen molar-refractivity contribution in [1.29, 1.82) is 0 Å². The molecule has 8 nitrogen and oxygen atoms in total. The Labute approximate surface area is 193 Å². The largest absolute Gasteiger partial charge is 0.496 e. The number of anilines is 1. The zero-order valence-corrected chi connectivity index (χ0v) is 18.9. The Kier molecular flexibility index (Phi) is 6.72. The summed E-state index contributed by atoms with van der Waals surface area (Å²) in [5.74, 6) is 0.226. The van der Waals surface area contributed by atoms with Crippen molar-refractivity contribution in [3.63, 3.8) is 0 Å². The highest BCUT2D eigenvalue weighted by atomic mass is 16.5. The van der Waals surface area contributed by atoms with Gasteiger partial charge in [0.1, 0.15) is 17.5 Å². The second-order valence-electron chi connectivity index (χ2n) is 8.20. The van der Waals surface area contributed by atoms with E-state index in [0.717, 1.165) is 5.69 Å². The highest BCUT2D eigenvalue weighted by Crippen LogP contribution is 2.26. The Morgan fingerprint density at radius 1 is 0.879 bits per heavy atom. The third kappa shape index (κ3) is 4.74. The minimum Gasteiger partial charge on any atom is -0.496 e. The lowest BCUT2D eigenvalue weighted by Crippen LogP contribution is -2.40. The van der Waals surface area contributed by atoms with Crippen LogP contribution >= 0.6 is 0 Å². The lowest BCUT2D eigenvalue weighted by molar-refractivity contribution is -0.124.